The van der Waals surface area contributed by atoms with Gasteiger partial charge in [0.25, 0.3) is 5.91 Å². The molecule has 1 aromatic carbocycles. The van der Waals surface area contributed by atoms with Crippen LogP contribution in [0.2, 0.25) is 0 Å². The van der Waals surface area contributed by atoms with Crippen LogP contribution in [0.4, 0.5) is 0 Å². The normalized spacial score (nSPS) is 18.6. The first kappa shape index (κ1) is 14.7. The number of aromatic hydroxyl groups is 1. The first-order valence-electron chi connectivity index (χ1n) is 6.97. The number of rotatable bonds is 4. The number of methoxy groups -OCH3 is 1. The lowest BCUT2D eigenvalue weighted by molar-refractivity contribution is 0.0772. The molecule has 5 nitrogen and oxygen atoms in total. The van der Waals surface area contributed by atoms with Gasteiger partial charge in [0.05, 0.1) is 12.7 Å². The summed E-state index contributed by atoms with van der Waals surface area (Å²) in [5.41, 5.74) is 0.309. The number of phenols is 1. The molecule has 0 aliphatic carbocycles. The van der Waals surface area contributed by atoms with Crippen LogP contribution in [0.1, 0.15) is 29.6 Å². The van der Waals surface area contributed by atoms with Gasteiger partial charge < -0.3 is 20.1 Å². The minimum Gasteiger partial charge on any atom is -0.507 e. The van der Waals surface area contributed by atoms with Crippen molar-refractivity contribution in [3.05, 3.63) is 23.8 Å². The maximum Gasteiger partial charge on any atom is 0.257 e. The zero-order valence-corrected chi connectivity index (χ0v) is 12.1. The molecule has 20 heavy (non-hydrogen) atoms. The summed E-state index contributed by atoms with van der Waals surface area (Å²) in [7, 11) is 3.29. The third-order valence-corrected chi connectivity index (χ3v) is 3.69. The number of carbonyl (C=O) groups excluding carboxylic acids is 1. The van der Waals surface area contributed by atoms with Crippen LogP contribution >= 0.6 is 0 Å². The molecule has 1 heterocycles. The fraction of sp³-hybridized carbons (Fsp3) is 0.533. The molecule has 1 fully saturated rings. The van der Waals surface area contributed by atoms with Crippen molar-refractivity contribution in [1.82, 2.24) is 10.2 Å². The van der Waals surface area contributed by atoms with E-state index in [0.717, 1.165) is 13.0 Å². The molecular weight excluding hydrogens is 256 g/mol. The molecule has 2 N–H and O–H groups in total. The summed E-state index contributed by atoms with van der Waals surface area (Å²) in [4.78, 5) is 14.0. The number of likely N-dealkylation sites (N-methyl/N-ethyl adjacent to an activating group) is 1. The van der Waals surface area contributed by atoms with Gasteiger partial charge in [0, 0.05) is 25.7 Å². The number of nitrogens with zero attached hydrogens (tertiary/aromatic N) is 1. The number of piperidine rings is 1. The van der Waals surface area contributed by atoms with Gasteiger partial charge in [-0.3, -0.25) is 4.79 Å². The first-order valence-corrected chi connectivity index (χ1v) is 6.97. The second kappa shape index (κ2) is 6.61. The van der Waals surface area contributed by atoms with E-state index in [9.17, 15) is 9.90 Å². The molecule has 0 bridgehead atoms. The Bertz CT molecular complexity index is 470. The lowest BCUT2D eigenvalue weighted by Crippen LogP contribution is -2.44. The minimum absolute atomic E-state index is 0.0437. The number of benzene rings is 1. The van der Waals surface area contributed by atoms with Gasteiger partial charge >= 0.3 is 0 Å². The monoisotopic (exact) mass is 278 g/mol. The quantitative estimate of drug-likeness (QED) is 0.878. The van der Waals surface area contributed by atoms with Gasteiger partial charge in [-0.05, 0) is 31.5 Å². The maximum absolute atomic E-state index is 12.3. The molecule has 0 saturated carbocycles. The van der Waals surface area contributed by atoms with Gasteiger partial charge in [-0.15, -0.1) is 0 Å². The van der Waals surface area contributed by atoms with Crippen LogP contribution < -0.4 is 10.1 Å². The van der Waals surface area contributed by atoms with Crippen LogP contribution in [0.25, 0.3) is 0 Å². The van der Waals surface area contributed by atoms with Crippen molar-refractivity contribution in [2.24, 2.45) is 0 Å². The number of hydrogen-bond acceptors (Lipinski definition) is 4. The highest BCUT2D eigenvalue weighted by Crippen LogP contribution is 2.24. The molecule has 110 valence electrons. The Hall–Kier alpha value is -1.75. The predicted molar refractivity (Wildman–Crippen MR) is 77.3 cm³/mol. The molecule has 0 radical (unpaired) electrons. The summed E-state index contributed by atoms with van der Waals surface area (Å²) in [6, 6.07) is 5.08. The van der Waals surface area contributed by atoms with E-state index >= 15 is 0 Å². The van der Waals surface area contributed by atoms with E-state index < -0.39 is 0 Å². The van der Waals surface area contributed by atoms with Crippen LogP contribution in [0, 0.1) is 0 Å². The van der Waals surface area contributed by atoms with Gasteiger partial charge in [-0.2, -0.15) is 0 Å². The molecule has 0 spiro atoms. The SMILES string of the molecule is COc1ccc(C(=O)N(C)CC2CCCCN2)c(O)c1. The molecule has 1 aliphatic heterocycles. The molecule has 1 aliphatic rings. The number of hydrogen-bond donors (Lipinski definition) is 2. The molecular formula is C15H22N2O3. The molecule has 1 atom stereocenters. The van der Waals surface area contributed by atoms with Gasteiger partial charge in [0.15, 0.2) is 0 Å². The van der Waals surface area contributed by atoms with Gasteiger partial charge in [-0.1, -0.05) is 6.42 Å². The summed E-state index contributed by atoms with van der Waals surface area (Å²) >= 11 is 0. The highest BCUT2D eigenvalue weighted by atomic mass is 16.5. The number of carbonyl (C=O) groups is 1. The summed E-state index contributed by atoms with van der Waals surface area (Å²) in [5.74, 6) is 0.325. The Morgan fingerprint density at radius 2 is 2.30 bits per heavy atom. The van der Waals surface area contributed by atoms with Crippen molar-refractivity contribution in [1.29, 1.82) is 0 Å². The summed E-state index contributed by atoms with van der Waals surface area (Å²) in [5, 5.41) is 13.3. The highest BCUT2D eigenvalue weighted by Gasteiger charge is 2.20. The molecule has 2 rings (SSSR count). The second-order valence-corrected chi connectivity index (χ2v) is 5.22. The highest BCUT2D eigenvalue weighted by molar-refractivity contribution is 5.96. The van der Waals surface area contributed by atoms with Crippen LogP contribution in [-0.2, 0) is 0 Å². The van der Waals surface area contributed by atoms with Crippen LogP contribution in [0.15, 0.2) is 18.2 Å². The van der Waals surface area contributed by atoms with Crippen molar-refractivity contribution >= 4 is 5.91 Å². The Balaban J connectivity index is 2.02. The maximum atomic E-state index is 12.3. The number of nitrogens with one attached hydrogen (secondary N) is 1. The summed E-state index contributed by atoms with van der Waals surface area (Å²) in [6.07, 6.45) is 3.49. The lowest BCUT2D eigenvalue weighted by Gasteiger charge is -2.28. The van der Waals surface area contributed by atoms with Gasteiger partial charge in [0.1, 0.15) is 11.5 Å². The van der Waals surface area contributed by atoms with Crippen molar-refractivity contribution in [2.45, 2.75) is 25.3 Å². The average Bonchev–Trinajstić information content (AvgIpc) is 2.47. The predicted octanol–water partition coefficient (Wildman–Crippen LogP) is 1.61. The molecule has 5 heteroatoms. The summed E-state index contributed by atoms with van der Waals surface area (Å²) in [6.45, 7) is 1.67. The second-order valence-electron chi connectivity index (χ2n) is 5.22. The molecule has 1 amide bonds. The molecule has 1 unspecified atom stereocenters. The lowest BCUT2D eigenvalue weighted by atomic mass is 10.0. The van der Waals surface area contributed by atoms with Crippen molar-refractivity contribution in [3.8, 4) is 11.5 Å². The Morgan fingerprint density at radius 3 is 2.90 bits per heavy atom. The fourth-order valence-corrected chi connectivity index (χ4v) is 2.52. The first-order chi connectivity index (χ1) is 9.61. The Kier molecular flexibility index (Phi) is 4.84. The largest absolute Gasteiger partial charge is 0.507 e. The summed E-state index contributed by atoms with van der Waals surface area (Å²) < 4.78 is 5.02. The number of phenolic OH excluding ortho intramolecular Hbond substituents is 1. The van der Waals surface area contributed by atoms with E-state index in [2.05, 4.69) is 5.32 Å². The number of amides is 1. The van der Waals surface area contributed by atoms with Crippen molar-refractivity contribution < 1.29 is 14.6 Å². The fourth-order valence-electron chi connectivity index (χ4n) is 2.52. The van der Waals surface area contributed by atoms with E-state index in [4.69, 9.17) is 4.74 Å². The number of ether oxygens (including phenoxy) is 1. The Labute approximate surface area is 119 Å². The van der Waals surface area contributed by atoms with E-state index in [-0.39, 0.29) is 11.7 Å². The van der Waals surface area contributed by atoms with Crippen LogP contribution in [0.3, 0.4) is 0 Å². The standard InChI is InChI=1S/C15H22N2O3/c1-17(10-11-5-3-4-8-16-11)15(19)13-7-6-12(20-2)9-14(13)18/h6-7,9,11,16,18H,3-5,8,10H2,1-2H3. The third kappa shape index (κ3) is 3.42. The van der Waals surface area contributed by atoms with Gasteiger partial charge in [-0.25, -0.2) is 0 Å². The van der Waals surface area contributed by atoms with E-state index in [1.807, 2.05) is 0 Å². The smallest absolute Gasteiger partial charge is 0.257 e. The van der Waals surface area contributed by atoms with Gasteiger partial charge in [0.2, 0.25) is 0 Å². The van der Waals surface area contributed by atoms with Crippen LogP contribution in [0.5, 0.6) is 11.5 Å². The molecule has 0 aromatic heterocycles. The zero-order valence-electron chi connectivity index (χ0n) is 12.1. The average molecular weight is 278 g/mol. The third-order valence-electron chi connectivity index (χ3n) is 3.69. The topological polar surface area (TPSA) is 61.8 Å². The Morgan fingerprint density at radius 1 is 1.50 bits per heavy atom. The van der Waals surface area contributed by atoms with E-state index in [1.54, 1.807) is 24.1 Å². The molecule has 1 saturated heterocycles. The minimum atomic E-state index is -0.169. The van der Waals surface area contributed by atoms with E-state index in [1.165, 1.54) is 26.0 Å². The van der Waals surface area contributed by atoms with Crippen molar-refractivity contribution in [2.75, 3.05) is 27.2 Å². The zero-order chi connectivity index (χ0) is 14.5. The molecule has 1 aromatic rings. The van der Waals surface area contributed by atoms with E-state index in [0.29, 0.717) is 23.9 Å². The van der Waals surface area contributed by atoms with Crippen LogP contribution in [-0.4, -0.2) is 49.2 Å². The van der Waals surface area contributed by atoms with Crippen molar-refractivity contribution in [3.63, 3.8) is 0 Å².